The molecule has 2 atom stereocenters. The summed E-state index contributed by atoms with van der Waals surface area (Å²) in [5.41, 5.74) is 7.55. The predicted molar refractivity (Wildman–Crippen MR) is 101 cm³/mol. The van der Waals surface area contributed by atoms with Crippen molar-refractivity contribution in [3.8, 4) is 10.6 Å². The number of rotatable bonds is 6. The number of sulfonamides is 1. The monoisotopic (exact) mass is 443 g/mol. The fraction of sp³-hybridized carbons (Fsp3) is 0.278. The Hall–Kier alpha value is -2.21. The zero-order valence-corrected chi connectivity index (χ0v) is 16.4. The number of thiophene rings is 1. The summed E-state index contributed by atoms with van der Waals surface area (Å²) in [6.45, 7) is 0.442. The summed E-state index contributed by atoms with van der Waals surface area (Å²) in [6, 6.07) is 11.0. The lowest BCUT2D eigenvalue weighted by molar-refractivity contribution is -0.155. The van der Waals surface area contributed by atoms with E-state index in [4.69, 9.17) is 5.73 Å². The largest absolute Gasteiger partial charge is 0.452 e. The first-order valence-corrected chi connectivity index (χ1v) is 10.9. The third kappa shape index (κ3) is 4.22. The molecule has 1 saturated carbocycles. The summed E-state index contributed by atoms with van der Waals surface area (Å²) >= 11 is 0.834. The van der Waals surface area contributed by atoms with Crippen molar-refractivity contribution >= 4 is 21.4 Å². The van der Waals surface area contributed by atoms with Gasteiger partial charge in [0, 0.05) is 24.6 Å². The maximum atomic E-state index is 12.6. The highest BCUT2D eigenvalue weighted by atomic mass is 32.2. The van der Waals surface area contributed by atoms with E-state index in [-0.39, 0.29) is 26.7 Å². The second-order valence-corrected chi connectivity index (χ2v) is 9.73. The van der Waals surface area contributed by atoms with Gasteiger partial charge in [-0.15, -0.1) is 11.3 Å². The molecule has 0 bridgehead atoms. The molecule has 3 aromatic rings. The van der Waals surface area contributed by atoms with Gasteiger partial charge in [-0.25, -0.2) is 13.1 Å². The van der Waals surface area contributed by atoms with E-state index in [0.717, 1.165) is 28.5 Å². The fourth-order valence-electron chi connectivity index (χ4n) is 2.98. The molecule has 1 fully saturated rings. The van der Waals surface area contributed by atoms with Gasteiger partial charge in [-0.3, -0.25) is 0 Å². The van der Waals surface area contributed by atoms with E-state index in [1.165, 1.54) is 12.1 Å². The molecule has 29 heavy (non-hydrogen) atoms. The minimum atomic E-state index is -4.65. The predicted octanol–water partition coefficient (Wildman–Crippen LogP) is 3.72. The van der Waals surface area contributed by atoms with Crippen LogP contribution in [-0.4, -0.2) is 19.6 Å². The minimum Gasteiger partial charge on any atom is -0.351 e. The van der Waals surface area contributed by atoms with Crippen LogP contribution in [0.4, 0.5) is 13.2 Å². The Morgan fingerprint density at radius 2 is 1.93 bits per heavy atom. The van der Waals surface area contributed by atoms with Crippen molar-refractivity contribution < 1.29 is 26.1 Å². The summed E-state index contributed by atoms with van der Waals surface area (Å²) in [7, 11) is -3.79. The van der Waals surface area contributed by atoms with Crippen molar-refractivity contribution in [2.75, 3.05) is 0 Å². The average molecular weight is 443 g/mol. The van der Waals surface area contributed by atoms with Crippen molar-refractivity contribution in [3.63, 3.8) is 0 Å². The average Bonchev–Trinajstić information content (AvgIpc) is 3.08. The number of aromatic nitrogens is 1. The van der Waals surface area contributed by atoms with Crippen molar-refractivity contribution in [1.29, 1.82) is 0 Å². The van der Waals surface area contributed by atoms with E-state index in [1.54, 1.807) is 0 Å². The number of nitrogens with two attached hydrogens (primary N) is 1. The Kier molecular flexibility index (Phi) is 5.01. The van der Waals surface area contributed by atoms with Crippen LogP contribution >= 0.6 is 11.3 Å². The lowest BCUT2D eigenvalue weighted by Gasteiger charge is -2.05. The zero-order chi connectivity index (χ0) is 20.8. The molecule has 0 spiro atoms. The van der Waals surface area contributed by atoms with Crippen molar-refractivity contribution in [2.45, 2.75) is 35.3 Å². The Morgan fingerprint density at radius 1 is 1.21 bits per heavy atom. The van der Waals surface area contributed by atoms with Gasteiger partial charge in [0.1, 0.15) is 9.90 Å². The molecule has 4 rings (SSSR count). The molecule has 0 unspecified atom stereocenters. The second kappa shape index (κ2) is 7.24. The summed E-state index contributed by atoms with van der Waals surface area (Å²) in [5, 5.41) is 3.38. The van der Waals surface area contributed by atoms with Crippen molar-refractivity contribution in [2.24, 2.45) is 5.73 Å². The fourth-order valence-corrected chi connectivity index (χ4v) is 5.54. The van der Waals surface area contributed by atoms with Crippen molar-refractivity contribution in [3.05, 3.63) is 59.4 Å². The number of nitrogens with one attached hydrogen (secondary N) is 1. The van der Waals surface area contributed by atoms with Gasteiger partial charge in [-0.05, 0) is 29.7 Å². The van der Waals surface area contributed by atoms with E-state index in [2.05, 4.69) is 14.4 Å². The topological polar surface area (TPSA) is 98.2 Å². The van der Waals surface area contributed by atoms with Crippen LogP contribution in [0.5, 0.6) is 0 Å². The molecule has 0 saturated heterocycles. The number of benzene rings is 1. The van der Waals surface area contributed by atoms with Gasteiger partial charge in [0.2, 0.25) is 15.8 Å². The molecule has 1 aromatic carbocycles. The van der Waals surface area contributed by atoms with Gasteiger partial charge in [0.25, 0.3) is 0 Å². The summed E-state index contributed by atoms with van der Waals surface area (Å²) < 4.78 is 70.1. The number of alkyl halides is 3. The van der Waals surface area contributed by atoms with Crippen LogP contribution in [0.25, 0.3) is 10.6 Å². The standard InChI is InChI=1S/C18H16F3N3O3S2/c19-18(20,21)16-8-14(23-27-16)15-5-6-17(28-15)29(25,26)24-13-7-12(13)11-3-1-10(9-22)2-4-11/h1-6,8,12-13,24H,7,9,22H2/t12-,13+/m0/s1. The summed E-state index contributed by atoms with van der Waals surface area (Å²) in [6.07, 6.45) is -3.97. The Bertz CT molecular complexity index is 1120. The van der Waals surface area contributed by atoms with E-state index in [1.807, 2.05) is 24.3 Å². The highest BCUT2D eigenvalue weighted by molar-refractivity contribution is 7.91. The third-order valence-corrected chi connectivity index (χ3v) is 7.72. The zero-order valence-electron chi connectivity index (χ0n) is 14.8. The van der Waals surface area contributed by atoms with Gasteiger partial charge in [-0.1, -0.05) is 29.4 Å². The second-order valence-electron chi connectivity index (χ2n) is 6.71. The summed E-state index contributed by atoms with van der Waals surface area (Å²) in [5.74, 6) is -1.15. The molecule has 1 aliphatic carbocycles. The molecule has 2 aromatic heterocycles. The van der Waals surface area contributed by atoms with Crippen LogP contribution in [0.2, 0.25) is 0 Å². The lowest BCUT2D eigenvalue weighted by atomic mass is 10.1. The smallest absolute Gasteiger partial charge is 0.351 e. The lowest BCUT2D eigenvalue weighted by Crippen LogP contribution is -2.26. The van der Waals surface area contributed by atoms with Gasteiger partial charge in [0.05, 0.1) is 4.88 Å². The highest BCUT2D eigenvalue weighted by Gasteiger charge is 2.41. The molecular formula is C18H16F3N3O3S2. The molecule has 0 radical (unpaired) electrons. The molecule has 3 N–H and O–H groups in total. The molecular weight excluding hydrogens is 427 g/mol. The first-order valence-electron chi connectivity index (χ1n) is 8.63. The number of hydrogen-bond donors (Lipinski definition) is 2. The number of nitrogens with zero attached hydrogens (tertiary/aromatic N) is 1. The van der Waals surface area contributed by atoms with Crippen LogP contribution in [0.3, 0.4) is 0 Å². The van der Waals surface area contributed by atoms with Gasteiger partial charge in [-0.2, -0.15) is 13.2 Å². The SMILES string of the molecule is NCc1ccc([C@@H]2C[C@H]2NS(=O)(=O)c2ccc(-c3cc(C(F)(F)F)on3)s2)cc1. The maximum absolute atomic E-state index is 12.6. The highest BCUT2D eigenvalue weighted by Crippen LogP contribution is 2.42. The molecule has 2 heterocycles. The van der Waals surface area contributed by atoms with E-state index in [0.29, 0.717) is 13.0 Å². The first kappa shape index (κ1) is 20.1. The van der Waals surface area contributed by atoms with Crippen LogP contribution in [-0.2, 0) is 22.7 Å². The summed E-state index contributed by atoms with van der Waals surface area (Å²) in [4.78, 5) is 0.273. The van der Waals surface area contributed by atoms with Crippen molar-refractivity contribution in [1.82, 2.24) is 9.88 Å². The van der Waals surface area contributed by atoms with Crippen LogP contribution in [0.1, 0.15) is 29.2 Å². The van der Waals surface area contributed by atoms with Gasteiger partial charge < -0.3 is 10.3 Å². The van der Waals surface area contributed by atoms with Crippen LogP contribution < -0.4 is 10.5 Å². The van der Waals surface area contributed by atoms with Gasteiger partial charge >= 0.3 is 6.18 Å². The Labute approximate surface area is 168 Å². The molecule has 0 amide bonds. The van der Waals surface area contributed by atoms with E-state index < -0.39 is 22.0 Å². The quantitative estimate of drug-likeness (QED) is 0.605. The third-order valence-electron chi connectivity index (χ3n) is 4.63. The number of hydrogen-bond acceptors (Lipinski definition) is 6. The van der Waals surface area contributed by atoms with Gasteiger partial charge in [0.15, 0.2) is 0 Å². The first-order chi connectivity index (χ1) is 13.7. The molecule has 6 nitrogen and oxygen atoms in total. The minimum absolute atomic E-state index is 0.00758. The molecule has 154 valence electrons. The van der Waals surface area contributed by atoms with E-state index in [9.17, 15) is 21.6 Å². The Morgan fingerprint density at radius 3 is 2.55 bits per heavy atom. The number of halogens is 3. The maximum Gasteiger partial charge on any atom is 0.452 e. The molecule has 11 heteroatoms. The van der Waals surface area contributed by atoms with E-state index >= 15 is 0 Å². The molecule has 1 aliphatic rings. The normalized spacial score (nSPS) is 19.4. The molecule has 0 aliphatic heterocycles. The van der Waals surface area contributed by atoms with Crippen LogP contribution in [0.15, 0.2) is 51.2 Å². The Balaban J connectivity index is 1.45. The van der Waals surface area contributed by atoms with Crippen LogP contribution in [0, 0.1) is 0 Å².